The molecule has 0 saturated heterocycles. The third kappa shape index (κ3) is 10.4. The highest BCUT2D eigenvalue weighted by Crippen LogP contribution is 2.34. The van der Waals surface area contributed by atoms with Crippen LogP contribution in [0.1, 0.15) is 85.2 Å². The molecule has 0 bridgehead atoms. The van der Waals surface area contributed by atoms with Crippen molar-refractivity contribution < 1.29 is 34.1 Å². The smallest absolute Gasteiger partial charge is 0.478 e. The number of rotatable bonds is 11. The van der Waals surface area contributed by atoms with Crippen LogP contribution in [0.3, 0.4) is 0 Å². The van der Waals surface area contributed by atoms with Crippen LogP contribution in [-0.2, 0) is 17.6 Å². The van der Waals surface area contributed by atoms with E-state index in [4.69, 9.17) is 26.2 Å². The van der Waals surface area contributed by atoms with E-state index in [9.17, 15) is 19.5 Å². The summed E-state index contributed by atoms with van der Waals surface area (Å²) in [5.74, 6) is -1.62. The number of ether oxygens (including phenoxy) is 2. The highest BCUT2D eigenvalue weighted by Gasteiger charge is 2.22. The number of carbonyl (C=O) groups is 3. The molecule has 1 atom stereocenters. The predicted octanol–water partition coefficient (Wildman–Crippen LogP) is 7.28. The zero-order valence-electron chi connectivity index (χ0n) is 20.8. The normalized spacial score (nSPS) is 11.1. The standard InChI is InChI=1S/C16H21ClO5.C11H14O2/c1-4-6-10(3)9-12-11(15(18)19)7-8-13(17)14(12)22-16(20)21-5-2;1-2-3-4-9-5-7-10(8-6-9)11(12)13/h7-8,10H,4-6,9H2,1-3H3,(H,18,19);5-8H,2-4H2,1H3,(H,12,13). The van der Waals surface area contributed by atoms with E-state index in [1.807, 2.05) is 19.1 Å². The molecule has 0 aromatic heterocycles. The third-order valence-corrected chi connectivity index (χ3v) is 5.54. The van der Waals surface area contributed by atoms with Gasteiger partial charge < -0.3 is 19.7 Å². The minimum Gasteiger partial charge on any atom is -0.478 e. The van der Waals surface area contributed by atoms with E-state index in [0.29, 0.717) is 17.5 Å². The molecule has 8 heteroatoms. The summed E-state index contributed by atoms with van der Waals surface area (Å²) in [6.45, 7) is 8.04. The van der Waals surface area contributed by atoms with E-state index < -0.39 is 18.1 Å². The van der Waals surface area contributed by atoms with Crippen LogP contribution in [-0.4, -0.2) is 34.9 Å². The average Bonchev–Trinajstić information content (AvgIpc) is 2.81. The van der Waals surface area contributed by atoms with Crippen LogP contribution in [0.25, 0.3) is 0 Å². The lowest BCUT2D eigenvalue weighted by Gasteiger charge is -2.17. The molecule has 0 amide bonds. The molecule has 0 aliphatic rings. The first-order chi connectivity index (χ1) is 16.6. The number of aryl methyl sites for hydroxylation is 1. The molecule has 2 aromatic rings. The van der Waals surface area contributed by atoms with Gasteiger partial charge in [0.25, 0.3) is 0 Å². The van der Waals surface area contributed by atoms with Crippen molar-refractivity contribution in [1.82, 2.24) is 0 Å². The van der Waals surface area contributed by atoms with Gasteiger partial charge in [0.1, 0.15) is 0 Å². The fraction of sp³-hybridized carbons (Fsp3) is 0.444. The summed E-state index contributed by atoms with van der Waals surface area (Å²) in [6, 6.07) is 9.93. The minimum absolute atomic E-state index is 0.0722. The summed E-state index contributed by atoms with van der Waals surface area (Å²) in [6.07, 6.45) is 4.85. The topological polar surface area (TPSA) is 110 Å². The van der Waals surface area contributed by atoms with Gasteiger partial charge in [0, 0.05) is 5.56 Å². The summed E-state index contributed by atoms with van der Waals surface area (Å²) in [7, 11) is 0. The van der Waals surface area contributed by atoms with Gasteiger partial charge in [-0.25, -0.2) is 14.4 Å². The van der Waals surface area contributed by atoms with Crippen molar-refractivity contribution in [1.29, 1.82) is 0 Å². The lowest BCUT2D eigenvalue weighted by atomic mass is 9.93. The van der Waals surface area contributed by atoms with Gasteiger partial charge in [-0.2, -0.15) is 0 Å². The van der Waals surface area contributed by atoms with Crippen LogP contribution in [0, 0.1) is 5.92 Å². The first kappa shape index (κ1) is 30.0. The second-order valence-corrected chi connectivity index (χ2v) is 8.60. The van der Waals surface area contributed by atoms with Crippen molar-refractivity contribution in [2.75, 3.05) is 6.61 Å². The Morgan fingerprint density at radius 1 is 0.943 bits per heavy atom. The van der Waals surface area contributed by atoms with Crippen molar-refractivity contribution in [2.24, 2.45) is 5.92 Å². The number of benzene rings is 2. The molecule has 0 aliphatic carbocycles. The molecule has 0 saturated carbocycles. The van der Waals surface area contributed by atoms with Crippen molar-refractivity contribution in [3.05, 3.63) is 63.7 Å². The van der Waals surface area contributed by atoms with Gasteiger partial charge in [0.15, 0.2) is 5.75 Å². The van der Waals surface area contributed by atoms with Crippen LogP contribution >= 0.6 is 11.6 Å². The van der Waals surface area contributed by atoms with Gasteiger partial charge in [-0.05, 0) is 61.9 Å². The van der Waals surface area contributed by atoms with Gasteiger partial charge in [0.05, 0.1) is 22.8 Å². The number of carboxylic acid groups (broad SMARTS) is 2. The SMILES string of the molecule is CCCC(C)Cc1c(C(=O)O)ccc(Cl)c1OC(=O)OCC.CCCCc1ccc(C(=O)O)cc1. The molecule has 0 aliphatic heterocycles. The second kappa shape index (κ2) is 15.8. The molecule has 35 heavy (non-hydrogen) atoms. The van der Waals surface area contributed by atoms with Crippen molar-refractivity contribution in [2.45, 2.75) is 66.2 Å². The van der Waals surface area contributed by atoms with Crippen LogP contribution in [0.2, 0.25) is 5.02 Å². The maximum absolute atomic E-state index is 11.6. The molecule has 7 nitrogen and oxygen atoms in total. The quantitative estimate of drug-likeness (QED) is 0.243. The Balaban J connectivity index is 0.000000400. The van der Waals surface area contributed by atoms with Gasteiger partial charge in [-0.3, -0.25) is 0 Å². The predicted molar refractivity (Wildman–Crippen MR) is 136 cm³/mol. The Morgan fingerprint density at radius 3 is 2.11 bits per heavy atom. The first-order valence-corrected chi connectivity index (χ1v) is 12.2. The number of unbranched alkanes of at least 4 members (excludes halogenated alkanes) is 1. The zero-order chi connectivity index (χ0) is 26.4. The van der Waals surface area contributed by atoms with Gasteiger partial charge in [-0.1, -0.05) is 63.8 Å². The molecule has 0 fully saturated rings. The monoisotopic (exact) mass is 506 g/mol. The number of hydrogen-bond donors (Lipinski definition) is 2. The van der Waals surface area contributed by atoms with Crippen LogP contribution in [0.15, 0.2) is 36.4 Å². The lowest BCUT2D eigenvalue weighted by molar-refractivity contribution is 0.0684. The number of carbonyl (C=O) groups excluding carboxylic acids is 1. The molecule has 1 unspecified atom stereocenters. The molecule has 0 heterocycles. The lowest BCUT2D eigenvalue weighted by Crippen LogP contribution is -2.15. The van der Waals surface area contributed by atoms with Gasteiger partial charge >= 0.3 is 18.1 Å². The Bertz CT molecular complexity index is 970. The molecule has 0 radical (unpaired) electrons. The molecule has 2 rings (SSSR count). The van der Waals surface area contributed by atoms with Crippen LogP contribution < -0.4 is 4.74 Å². The van der Waals surface area contributed by atoms with E-state index >= 15 is 0 Å². The summed E-state index contributed by atoms with van der Waals surface area (Å²) < 4.78 is 9.87. The van der Waals surface area contributed by atoms with Crippen LogP contribution in [0.5, 0.6) is 5.75 Å². The third-order valence-electron chi connectivity index (χ3n) is 5.24. The van der Waals surface area contributed by atoms with E-state index in [2.05, 4.69) is 13.8 Å². The number of halogens is 1. The van der Waals surface area contributed by atoms with E-state index in [0.717, 1.165) is 25.7 Å². The Kier molecular flexibility index (Phi) is 13.5. The van der Waals surface area contributed by atoms with Crippen molar-refractivity contribution in [3.8, 4) is 5.75 Å². The Morgan fingerprint density at radius 2 is 1.60 bits per heavy atom. The number of aromatic carboxylic acids is 2. The molecule has 2 aromatic carbocycles. The van der Waals surface area contributed by atoms with E-state index in [1.165, 1.54) is 24.1 Å². The summed E-state index contributed by atoms with van der Waals surface area (Å²) in [5.41, 5.74) is 2.09. The molecular weight excluding hydrogens is 472 g/mol. The minimum atomic E-state index is -1.08. The Labute approximate surface area is 212 Å². The maximum Gasteiger partial charge on any atom is 0.513 e. The maximum atomic E-state index is 11.6. The Hall–Kier alpha value is -3.06. The number of carboxylic acids is 2. The van der Waals surface area contributed by atoms with Crippen molar-refractivity contribution in [3.63, 3.8) is 0 Å². The fourth-order valence-corrected chi connectivity index (χ4v) is 3.70. The molecule has 192 valence electrons. The fourth-order valence-electron chi connectivity index (χ4n) is 3.48. The summed E-state index contributed by atoms with van der Waals surface area (Å²) >= 11 is 6.09. The van der Waals surface area contributed by atoms with E-state index in [-0.39, 0.29) is 28.9 Å². The zero-order valence-corrected chi connectivity index (χ0v) is 21.6. The highest BCUT2D eigenvalue weighted by molar-refractivity contribution is 6.32. The summed E-state index contributed by atoms with van der Waals surface area (Å²) in [4.78, 5) is 33.5. The van der Waals surface area contributed by atoms with Crippen LogP contribution in [0.4, 0.5) is 4.79 Å². The highest BCUT2D eigenvalue weighted by atomic mass is 35.5. The van der Waals surface area contributed by atoms with Gasteiger partial charge in [-0.15, -0.1) is 0 Å². The average molecular weight is 507 g/mol. The molecular formula is C27H35ClO7. The summed E-state index contributed by atoms with van der Waals surface area (Å²) in [5, 5.41) is 18.2. The molecule has 0 spiro atoms. The number of hydrogen-bond acceptors (Lipinski definition) is 5. The first-order valence-electron chi connectivity index (χ1n) is 11.9. The van der Waals surface area contributed by atoms with E-state index in [1.54, 1.807) is 19.1 Å². The second-order valence-electron chi connectivity index (χ2n) is 8.20. The largest absolute Gasteiger partial charge is 0.513 e. The van der Waals surface area contributed by atoms with Crippen molar-refractivity contribution >= 4 is 29.7 Å². The molecule has 2 N–H and O–H groups in total. The van der Waals surface area contributed by atoms with Gasteiger partial charge in [0.2, 0.25) is 0 Å².